The van der Waals surface area contributed by atoms with Gasteiger partial charge < -0.3 is 24.2 Å². The number of ether oxygens (including phenoxy) is 3. The average Bonchev–Trinajstić information content (AvgIpc) is 2.97. The van der Waals surface area contributed by atoms with Gasteiger partial charge in [-0.05, 0) is 12.0 Å². The predicted molar refractivity (Wildman–Crippen MR) is 78.9 cm³/mol. The molecule has 1 N–H and O–H groups in total. The monoisotopic (exact) mass is 321 g/mol. The van der Waals surface area contributed by atoms with Crippen LogP contribution in [0.25, 0.3) is 0 Å². The molecule has 1 aromatic rings. The molecule has 0 aromatic heterocycles. The van der Waals surface area contributed by atoms with Gasteiger partial charge in [0.1, 0.15) is 12.2 Å². The summed E-state index contributed by atoms with van der Waals surface area (Å²) in [6.07, 6.45) is -0.868. The Bertz CT molecular complexity index is 577. The Morgan fingerprint density at radius 1 is 1.35 bits per heavy atom. The highest BCUT2D eigenvalue weighted by Gasteiger charge is 2.47. The maximum Gasteiger partial charge on any atom is 0.410 e. The number of rotatable bonds is 3. The van der Waals surface area contributed by atoms with Gasteiger partial charge in [0.2, 0.25) is 0 Å². The second kappa shape index (κ2) is 6.55. The Morgan fingerprint density at radius 2 is 2.13 bits per heavy atom. The van der Waals surface area contributed by atoms with Crippen molar-refractivity contribution < 1.29 is 28.9 Å². The lowest BCUT2D eigenvalue weighted by atomic mass is 10.0. The summed E-state index contributed by atoms with van der Waals surface area (Å²) in [5.41, 5.74) is 0.172. The fraction of sp³-hybridized carbons (Fsp3) is 0.500. The van der Waals surface area contributed by atoms with Crippen LogP contribution in [0, 0.1) is 0 Å². The van der Waals surface area contributed by atoms with Crippen LogP contribution in [0.15, 0.2) is 30.3 Å². The minimum atomic E-state index is -1.05. The van der Waals surface area contributed by atoms with Crippen molar-refractivity contribution in [2.24, 2.45) is 0 Å². The van der Waals surface area contributed by atoms with E-state index in [4.69, 9.17) is 19.3 Å². The molecule has 7 heteroatoms. The molecule has 2 heterocycles. The Morgan fingerprint density at radius 3 is 2.87 bits per heavy atom. The fourth-order valence-corrected chi connectivity index (χ4v) is 2.87. The summed E-state index contributed by atoms with van der Waals surface area (Å²) in [5, 5.41) is 9.06. The van der Waals surface area contributed by atoms with E-state index in [1.165, 1.54) is 4.90 Å². The van der Waals surface area contributed by atoms with Gasteiger partial charge in [-0.2, -0.15) is 0 Å². The van der Waals surface area contributed by atoms with Crippen LogP contribution in [0.2, 0.25) is 0 Å². The van der Waals surface area contributed by atoms with E-state index >= 15 is 0 Å². The molecule has 0 saturated carbocycles. The Hall–Kier alpha value is -2.12. The van der Waals surface area contributed by atoms with E-state index in [-0.39, 0.29) is 19.8 Å². The molecule has 7 nitrogen and oxygen atoms in total. The van der Waals surface area contributed by atoms with Gasteiger partial charge in [0.25, 0.3) is 0 Å². The number of carboxylic acids is 1. The molecule has 23 heavy (non-hydrogen) atoms. The number of nitrogens with zero attached hydrogens (tertiary/aromatic N) is 1. The smallest absolute Gasteiger partial charge is 0.410 e. The molecule has 3 rings (SSSR count). The second-order valence-electron chi connectivity index (χ2n) is 5.85. The molecule has 1 amide bonds. The first-order valence-corrected chi connectivity index (χ1v) is 7.52. The van der Waals surface area contributed by atoms with Gasteiger partial charge >= 0.3 is 12.1 Å². The number of amides is 1. The van der Waals surface area contributed by atoms with Crippen molar-refractivity contribution in [3.63, 3.8) is 0 Å². The van der Waals surface area contributed by atoms with Crippen LogP contribution in [-0.2, 0) is 25.6 Å². The topological polar surface area (TPSA) is 85.3 Å². The van der Waals surface area contributed by atoms with Gasteiger partial charge in [0.05, 0.1) is 19.8 Å². The molecule has 2 unspecified atom stereocenters. The number of benzene rings is 1. The zero-order valence-corrected chi connectivity index (χ0v) is 12.6. The first-order valence-electron chi connectivity index (χ1n) is 7.52. The van der Waals surface area contributed by atoms with Crippen molar-refractivity contribution >= 4 is 12.1 Å². The van der Waals surface area contributed by atoms with E-state index in [9.17, 15) is 9.59 Å². The highest BCUT2D eigenvalue weighted by atomic mass is 16.6. The summed E-state index contributed by atoms with van der Waals surface area (Å²) < 4.78 is 16.3. The van der Waals surface area contributed by atoms with E-state index in [1.54, 1.807) is 0 Å². The molecule has 0 aliphatic carbocycles. The molecule has 2 saturated heterocycles. The lowest BCUT2D eigenvalue weighted by molar-refractivity contribution is -0.206. The molecule has 2 aliphatic heterocycles. The van der Waals surface area contributed by atoms with E-state index in [2.05, 4.69) is 0 Å². The number of likely N-dealkylation sites (tertiary alicyclic amines) is 1. The Labute approximate surface area is 133 Å². The molecule has 0 bridgehead atoms. The number of carboxylic acid groups (broad SMARTS) is 1. The zero-order chi connectivity index (χ0) is 16.3. The molecule has 0 radical (unpaired) electrons. The third-order valence-electron chi connectivity index (χ3n) is 4.08. The maximum absolute atomic E-state index is 12.2. The molecule has 2 aliphatic rings. The molecular formula is C16H19NO6. The standard InChI is InChI=1S/C16H19NO6/c18-14(19)13-9-21-11-16(23-13)6-7-17(10-16)15(20)22-8-12-4-2-1-3-5-12/h1-5,13H,6-11H2,(H,18,19). The van der Waals surface area contributed by atoms with Gasteiger partial charge in [-0.15, -0.1) is 0 Å². The van der Waals surface area contributed by atoms with Crippen molar-refractivity contribution in [1.82, 2.24) is 4.90 Å². The van der Waals surface area contributed by atoms with Crippen LogP contribution in [0.3, 0.4) is 0 Å². The summed E-state index contributed by atoms with van der Waals surface area (Å²) in [4.78, 5) is 24.7. The summed E-state index contributed by atoms with van der Waals surface area (Å²) in [7, 11) is 0. The van der Waals surface area contributed by atoms with Crippen LogP contribution >= 0.6 is 0 Å². The van der Waals surface area contributed by atoms with E-state index in [0.29, 0.717) is 19.6 Å². The molecule has 2 atom stereocenters. The summed E-state index contributed by atoms with van der Waals surface area (Å²) >= 11 is 0. The van der Waals surface area contributed by atoms with E-state index < -0.39 is 23.8 Å². The Balaban J connectivity index is 1.54. The first-order chi connectivity index (χ1) is 11.1. The molecule has 124 valence electrons. The number of aliphatic carboxylic acids is 1. The van der Waals surface area contributed by atoms with Crippen LogP contribution in [0.4, 0.5) is 4.79 Å². The number of hydrogen-bond donors (Lipinski definition) is 1. The summed E-state index contributed by atoms with van der Waals surface area (Å²) in [5.74, 6) is -1.05. The first kappa shape index (κ1) is 15.8. The fourth-order valence-electron chi connectivity index (χ4n) is 2.87. The van der Waals surface area contributed by atoms with Gasteiger partial charge in [-0.1, -0.05) is 30.3 Å². The van der Waals surface area contributed by atoms with Gasteiger partial charge in [0, 0.05) is 6.54 Å². The summed E-state index contributed by atoms with van der Waals surface area (Å²) in [6, 6.07) is 9.43. The van der Waals surface area contributed by atoms with Crippen LogP contribution in [0.1, 0.15) is 12.0 Å². The van der Waals surface area contributed by atoms with Crippen molar-refractivity contribution in [3.8, 4) is 0 Å². The number of carbonyl (C=O) groups is 2. The average molecular weight is 321 g/mol. The largest absolute Gasteiger partial charge is 0.479 e. The molecule has 1 aromatic carbocycles. The van der Waals surface area contributed by atoms with Crippen molar-refractivity contribution in [3.05, 3.63) is 35.9 Å². The zero-order valence-electron chi connectivity index (χ0n) is 12.6. The summed E-state index contributed by atoms with van der Waals surface area (Å²) in [6.45, 7) is 1.28. The lowest BCUT2D eigenvalue weighted by Gasteiger charge is -2.36. The maximum atomic E-state index is 12.2. The van der Waals surface area contributed by atoms with Crippen LogP contribution in [-0.4, -0.2) is 60.1 Å². The minimum Gasteiger partial charge on any atom is -0.479 e. The third-order valence-corrected chi connectivity index (χ3v) is 4.08. The SMILES string of the molecule is O=C(O)C1COCC2(CCN(C(=O)OCc3ccccc3)C2)O1. The van der Waals surface area contributed by atoms with Crippen molar-refractivity contribution in [2.75, 3.05) is 26.3 Å². The normalized spacial score (nSPS) is 27.1. The van der Waals surface area contributed by atoms with Crippen LogP contribution < -0.4 is 0 Å². The number of hydrogen-bond acceptors (Lipinski definition) is 5. The highest BCUT2D eigenvalue weighted by Crippen LogP contribution is 2.31. The van der Waals surface area contributed by atoms with Gasteiger partial charge in [-0.3, -0.25) is 0 Å². The van der Waals surface area contributed by atoms with Gasteiger partial charge in [0.15, 0.2) is 6.10 Å². The lowest BCUT2D eigenvalue weighted by Crippen LogP contribution is -2.52. The van der Waals surface area contributed by atoms with Gasteiger partial charge in [-0.25, -0.2) is 9.59 Å². The van der Waals surface area contributed by atoms with E-state index in [1.807, 2.05) is 30.3 Å². The number of carbonyl (C=O) groups excluding carboxylic acids is 1. The predicted octanol–water partition coefficient (Wildman–Crippen LogP) is 1.27. The molecule has 2 fully saturated rings. The highest BCUT2D eigenvalue weighted by molar-refractivity contribution is 5.72. The van der Waals surface area contributed by atoms with Crippen molar-refractivity contribution in [1.29, 1.82) is 0 Å². The molecular weight excluding hydrogens is 302 g/mol. The third kappa shape index (κ3) is 3.62. The second-order valence-corrected chi connectivity index (χ2v) is 5.85. The van der Waals surface area contributed by atoms with Crippen molar-refractivity contribution in [2.45, 2.75) is 24.7 Å². The minimum absolute atomic E-state index is 0.0372. The van der Waals surface area contributed by atoms with E-state index in [0.717, 1.165) is 5.56 Å². The Kier molecular flexibility index (Phi) is 4.49. The van der Waals surface area contributed by atoms with Crippen LogP contribution in [0.5, 0.6) is 0 Å². The molecule has 1 spiro atoms. The quantitative estimate of drug-likeness (QED) is 0.902.